The van der Waals surface area contributed by atoms with Crippen LogP contribution in [-0.2, 0) is 11.3 Å². The average Bonchev–Trinajstić information content (AvgIpc) is 2.37. The molecule has 0 spiro atoms. The number of benzene rings is 2. The van der Waals surface area contributed by atoms with Gasteiger partial charge in [-0.2, -0.15) is 0 Å². The van der Waals surface area contributed by atoms with Gasteiger partial charge >= 0.3 is 0 Å². The smallest absolute Gasteiger partial charge is 0.217 e. The standard InChI is InChI=1S/C15H14BrNO/c1-11(18)17-10-12-6-2-3-7-13(12)14-8-4-5-9-15(14)16/h2-9H,10H2,1H3,(H,17,18). The molecule has 0 aromatic heterocycles. The van der Waals surface area contributed by atoms with Crippen LogP contribution in [0.15, 0.2) is 53.0 Å². The summed E-state index contributed by atoms with van der Waals surface area (Å²) in [5.74, 6) is -0.0167. The molecule has 0 saturated heterocycles. The molecule has 0 aliphatic heterocycles. The normalized spacial score (nSPS) is 10.1. The summed E-state index contributed by atoms with van der Waals surface area (Å²) in [4.78, 5) is 11.0. The SMILES string of the molecule is CC(=O)NCc1ccccc1-c1ccccc1Br. The van der Waals surface area contributed by atoms with Crippen LogP contribution in [0, 0.1) is 0 Å². The van der Waals surface area contributed by atoms with Crippen LogP contribution in [0.5, 0.6) is 0 Å². The summed E-state index contributed by atoms with van der Waals surface area (Å²) in [6, 6.07) is 16.2. The molecule has 0 aliphatic rings. The van der Waals surface area contributed by atoms with Gasteiger partial charge in [-0.05, 0) is 22.8 Å². The Balaban J connectivity index is 2.39. The summed E-state index contributed by atoms with van der Waals surface area (Å²) in [5.41, 5.74) is 3.39. The van der Waals surface area contributed by atoms with Crippen LogP contribution >= 0.6 is 15.9 Å². The van der Waals surface area contributed by atoms with Gasteiger partial charge < -0.3 is 5.32 Å². The first kappa shape index (κ1) is 12.8. The highest BCUT2D eigenvalue weighted by atomic mass is 79.9. The predicted octanol–water partition coefficient (Wildman–Crippen LogP) is 3.75. The lowest BCUT2D eigenvalue weighted by Gasteiger charge is -2.11. The van der Waals surface area contributed by atoms with Crippen molar-refractivity contribution in [3.05, 3.63) is 58.6 Å². The largest absolute Gasteiger partial charge is 0.352 e. The summed E-state index contributed by atoms with van der Waals surface area (Å²) in [6.07, 6.45) is 0. The van der Waals surface area contributed by atoms with Gasteiger partial charge in [-0.25, -0.2) is 0 Å². The maximum Gasteiger partial charge on any atom is 0.217 e. The first-order valence-electron chi connectivity index (χ1n) is 5.75. The average molecular weight is 304 g/mol. The van der Waals surface area contributed by atoms with Crippen LogP contribution < -0.4 is 5.32 Å². The molecule has 2 aromatic carbocycles. The first-order chi connectivity index (χ1) is 8.68. The number of carbonyl (C=O) groups is 1. The van der Waals surface area contributed by atoms with Crippen molar-refractivity contribution in [2.45, 2.75) is 13.5 Å². The number of amides is 1. The van der Waals surface area contributed by atoms with Gasteiger partial charge in [0.1, 0.15) is 0 Å². The molecule has 0 radical (unpaired) electrons. The van der Waals surface area contributed by atoms with Gasteiger partial charge in [-0.3, -0.25) is 4.79 Å². The zero-order chi connectivity index (χ0) is 13.0. The van der Waals surface area contributed by atoms with Crippen LogP contribution in [0.2, 0.25) is 0 Å². The molecule has 0 fully saturated rings. The lowest BCUT2D eigenvalue weighted by atomic mass is 10.00. The minimum atomic E-state index is -0.0167. The van der Waals surface area contributed by atoms with Crippen LogP contribution in [0.4, 0.5) is 0 Å². The maximum absolute atomic E-state index is 11.0. The van der Waals surface area contributed by atoms with Gasteiger partial charge in [-0.1, -0.05) is 58.4 Å². The second kappa shape index (κ2) is 5.83. The highest BCUT2D eigenvalue weighted by molar-refractivity contribution is 9.10. The molecule has 0 heterocycles. The summed E-state index contributed by atoms with van der Waals surface area (Å²) in [6.45, 7) is 2.08. The Bertz CT molecular complexity index is 566. The van der Waals surface area contributed by atoms with E-state index in [0.717, 1.165) is 21.2 Å². The highest BCUT2D eigenvalue weighted by Gasteiger charge is 2.07. The van der Waals surface area contributed by atoms with Gasteiger partial charge in [0, 0.05) is 17.9 Å². The Hall–Kier alpha value is -1.61. The van der Waals surface area contributed by atoms with E-state index in [-0.39, 0.29) is 5.91 Å². The third kappa shape index (κ3) is 2.99. The molecule has 18 heavy (non-hydrogen) atoms. The van der Waals surface area contributed by atoms with Crippen LogP contribution in [0.25, 0.3) is 11.1 Å². The molecule has 0 saturated carbocycles. The van der Waals surface area contributed by atoms with E-state index in [2.05, 4.69) is 33.4 Å². The first-order valence-corrected chi connectivity index (χ1v) is 6.55. The fourth-order valence-electron chi connectivity index (χ4n) is 1.84. The van der Waals surface area contributed by atoms with Crippen molar-refractivity contribution >= 4 is 21.8 Å². The topological polar surface area (TPSA) is 29.1 Å². The molecule has 2 rings (SSSR count). The summed E-state index contributed by atoms with van der Waals surface area (Å²) >= 11 is 3.56. The molecule has 0 bridgehead atoms. The third-order valence-electron chi connectivity index (χ3n) is 2.71. The van der Waals surface area contributed by atoms with Gasteiger partial charge in [-0.15, -0.1) is 0 Å². The van der Waals surface area contributed by atoms with E-state index < -0.39 is 0 Å². The van der Waals surface area contributed by atoms with Gasteiger partial charge in [0.2, 0.25) is 5.91 Å². The zero-order valence-electron chi connectivity index (χ0n) is 10.1. The molecule has 0 atom stereocenters. The van der Waals surface area contributed by atoms with Crippen molar-refractivity contribution in [2.75, 3.05) is 0 Å². The number of hydrogen-bond acceptors (Lipinski definition) is 1. The number of nitrogens with one attached hydrogen (secondary N) is 1. The fraction of sp³-hybridized carbons (Fsp3) is 0.133. The Kier molecular flexibility index (Phi) is 4.15. The van der Waals surface area contributed by atoms with E-state index in [9.17, 15) is 4.79 Å². The minimum absolute atomic E-state index is 0.0167. The molecule has 2 aromatic rings. The lowest BCUT2D eigenvalue weighted by molar-refractivity contribution is -0.119. The van der Waals surface area contributed by atoms with Crippen molar-refractivity contribution < 1.29 is 4.79 Å². The van der Waals surface area contributed by atoms with E-state index in [1.807, 2.05) is 36.4 Å². The van der Waals surface area contributed by atoms with E-state index in [4.69, 9.17) is 0 Å². The van der Waals surface area contributed by atoms with E-state index in [1.165, 1.54) is 6.92 Å². The number of carbonyl (C=O) groups excluding carboxylic acids is 1. The molecule has 0 aliphatic carbocycles. The molecule has 2 nitrogen and oxygen atoms in total. The number of hydrogen-bond donors (Lipinski definition) is 1. The second-order valence-electron chi connectivity index (χ2n) is 4.05. The highest BCUT2D eigenvalue weighted by Crippen LogP contribution is 2.30. The van der Waals surface area contributed by atoms with E-state index in [1.54, 1.807) is 0 Å². The Labute approximate surface area is 115 Å². The zero-order valence-corrected chi connectivity index (χ0v) is 11.7. The summed E-state index contributed by atoms with van der Waals surface area (Å²) in [5, 5.41) is 2.84. The van der Waals surface area contributed by atoms with Crippen molar-refractivity contribution in [2.24, 2.45) is 0 Å². The molecule has 92 valence electrons. The number of halogens is 1. The molecule has 3 heteroatoms. The Morgan fingerprint density at radius 2 is 1.67 bits per heavy atom. The lowest BCUT2D eigenvalue weighted by Crippen LogP contribution is -2.19. The molecular formula is C15H14BrNO. The molecular weight excluding hydrogens is 290 g/mol. The van der Waals surface area contributed by atoms with Crippen LogP contribution in [-0.4, -0.2) is 5.91 Å². The second-order valence-corrected chi connectivity index (χ2v) is 4.90. The van der Waals surface area contributed by atoms with Gasteiger partial charge in [0.05, 0.1) is 0 Å². The van der Waals surface area contributed by atoms with Gasteiger partial charge in [0.25, 0.3) is 0 Å². The monoisotopic (exact) mass is 303 g/mol. The third-order valence-corrected chi connectivity index (χ3v) is 3.40. The molecule has 1 N–H and O–H groups in total. The minimum Gasteiger partial charge on any atom is -0.352 e. The quantitative estimate of drug-likeness (QED) is 0.919. The molecule has 1 amide bonds. The van der Waals surface area contributed by atoms with Crippen molar-refractivity contribution in [3.8, 4) is 11.1 Å². The summed E-state index contributed by atoms with van der Waals surface area (Å²) < 4.78 is 1.06. The van der Waals surface area contributed by atoms with Crippen molar-refractivity contribution in [1.29, 1.82) is 0 Å². The fourth-order valence-corrected chi connectivity index (χ4v) is 2.33. The van der Waals surface area contributed by atoms with E-state index >= 15 is 0 Å². The maximum atomic E-state index is 11.0. The van der Waals surface area contributed by atoms with Crippen molar-refractivity contribution in [3.63, 3.8) is 0 Å². The predicted molar refractivity (Wildman–Crippen MR) is 77.1 cm³/mol. The summed E-state index contributed by atoms with van der Waals surface area (Å²) in [7, 11) is 0. The van der Waals surface area contributed by atoms with Crippen molar-refractivity contribution in [1.82, 2.24) is 5.32 Å². The van der Waals surface area contributed by atoms with Crippen LogP contribution in [0.3, 0.4) is 0 Å². The number of rotatable bonds is 3. The van der Waals surface area contributed by atoms with Crippen LogP contribution in [0.1, 0.15) is 12.5 Å². The molecule has 0 unspecified atom stereocenters. The van der Waals surface area contributed by atoms with Gasteiger partial charge in [0.15, 0.2) is 0 Å². The Morgan fingerprint density at radius 1 is 1.06 bits per heavy atom. The Morgan fingerprint density at radius 3 is 2.33 bits per heavy atom. The van der Waals surface area contributed by atoms with E-state index in [0.29, 0.717) is 6.54 Å².